The van der Waals surface area contributed by atoms with Gasteiger partial charge in [0.2, 0.25) is 0 Å². The zero-order valence-corrected chi connectivity index (χ0v) is 17.6. The molecule has 1 N–H and O–H groups in total. The predicted molar refractivity (Wildman–Crippen MR) is 108 cm³/mol. The number of allylic oxidation sites excluding steroid dienone is 1. The molecule has 0 spiro atoms. The van der Waals surface area contributed by atoms with Gasteiger partial charge in [-0.2, -0.15) is 4.80 Å². The van der Waals surface area contributed by atoms with Gasteiger partial charge in [0, 0.05) is 0 Å². The van der Waals surface area contributed by atoms with Crippen LogP contribution in [0.2, 0.25) is 0 Å². The van der Waals surface area contributed by atoms with Crippen molar-refractivity contribution in [2.45, 2.75) is 83.8 Å². The molecule has 8 atom stereocenters. The third kappa shape index (κ3) is 2.96. The lowest BCUT2D eigenvalue weighted by atomic mass is 9.49. The van der Waals surface area contributed by atoms with Crippen LogP contribution in [0.1, 0.15) is 71.6 Å². The molecule has 0 radical (unpaired) electrons. The Morgan fingerprint density at radius 3 is 2.68 bits per heavy atom. The monoisotopic (exact) mass is 384 g/mol. The summed E-state index contributed by atoms with van der Waals surface area (Å²) in [4.78, 5) is 1.68. The van der Waals surface area contributed by atoms with Gasteiger partial charge in [0.15, 0.2) is 6.33 Å². The Labute approximate surface area is 169 Å². The standard InChI is InChI=1S/C23H36N4O/c1-15(13-27-25-14-24-26-27)20-6-7-21-19-5-4-16-12-22(2,28)10-8-17(16)18(19)9-11-23(20,21)3/h14,16-21,28H,1,4-13H2,2-3H3/t16-,17+,18-,19-,20-,21+,22+,23-/m1/s1. The minimum Gasteiger partial charge on any atom is -0.390 e. The van der Waals surface area contributed by atoms with Crippen molar-refractivity contribution < 1.29 is 5.11 Å². The topological polar surface area (TPSA) is 63.8 Å². The van der Waals surface area contributed by atoms with Crippen molar-refractivity contribution in [2.75, 3.05) is 0 Å². The largest absolute Gasteiger partial charge is 0.390 e. The van der Waals surface area contributed by atoms with Gasteiger partial charge in [0.05, 0.1) is 12.1 Å². The lowest BCUT2D eigenvalue weighted by Gasteiger charge is -2.57. The number of fused-ring (bicyclic) bond motifs is 5. The molecule has 154 valence electrons. The van der Waals surface area contributed by atoms with E-state index in [1.165, 1.54) is 56.8 Å². The van der Waals surface area contributed by atoms with Gasteiger partial charge in [-0.15, -0.1) is 10.2 Å². The lowest BCUT2D eigenvalue weighted by molar-refractivity contribution is -0.0979. The van der Waals surface area contributed by atoms with Gasteiger partial charge in [-0.1, -0.05) is 19.1 Å². The summed E-state index contributed by atoms with van der Waals surface area (Å²) in [5.74, 6) is 4.86. The van der Waals surface area contributed by atoms with E-state index < -0.39 is 5.60 Å². The zero-order valence-electron chi connectivity index (χ0n) is 17.6. The normalized spacial score (nSPS) is 47.8. The summed E-state index contributed by atoms with van der Waals surface area (Å²) < 4.78 is 0. The fraction of sp³-hybridized carbons (Fsp3) is 0.870. The Morgan fingerprint density at radius 2 is 1.89 bits per heavy atom. The van der Waals surface area contributed by atoms with Gasteiger partial charge in [-0.05, 0) is 111 Å². The van der Waals surface area contributed by atoms with Crippen molar-refractivity contribution in [2.24, 2.45) is 40.9 Å². The first-order valence-corrected chi connectivity index (χ1v) is 11.5. The number of tetrazole rings is 1. The van der Waals surface area contributed by atoms with Gasteiger partial charge in [-0.25, -0.2) is 0 Å². The molecule has 4 saturated carbocycles. The maximum Gasteiger partial charge on any atom is 0.162 e. The molecule has 4 fully saturated rings. The van der Waals surface area contributed by atoms with Gasteiger partial charge >= 0.3 is 0 Å². The molecule has 4 aliphatic rings. The van der Waals surface area contributed by atoms with Crippen LogP contribution in [0.3, 0.4) is 0 Å². The van der Waals surface area contributed by atoms with E-state index in [0.29, 0.717) is 17.9 Å². The van der Waals surface area contributed by atoms with Crippen LogP contribution in [-0.4, -0.2) is 30.9 Å². The van der Waals surface area contributed by atoms with Crippen LogP contribution in [-0.2, 0) is 6.54 Å². The van der Waals surface area contributed by atoms with Crippen molar-refractivity contribution in [1.82, 2.24) is 20.2 Å². The van der Waals surface area contributed by atoms with E-state index in [1.807, 2.05) is 0 Å². The average Bonchev–Trinajstić information content (AvgIpc) is 3.27. The lowest BCUT2D eigenvalue weighted by Crippen LogP contribution is -2.50. The third-order valence-corrected chi connectivity index (χ3v) is 9.47. The maximum atomic E-state index is 10.6. The highest BCUT2D eigenvalue weighted by Gasteiger charge is 2.57. The Hall–Kier alpha value is -1.23. The molecule has 4 aliphatic carbocycles. The molecule has 0 bridgehead atoms. The van der Waals surface area contributed by atoms with E-state index in [9.17, 15) is 5.11 Å². The summed E-state index contributed by atoms with van der Waals surface area (Å²) in [6.07, 6.45) is 12.9. The van der Waals surface area contributed by atoms with Crippen LogP contribution in [0.15, 0.2) is 18.5 Å². The quantitative estimate of drug-likeness (QED) is 0.791. The number of aliphatic hydroxyl groups is 1. The SMILES string of the molecule is C=C(Cn1ncnn1)[C@H]1CC[C@H]2[C@@H]3CC[C@@H]4C[C@@](C)(O)CC[C@@H]4[C@H]3CC[C@]12C. The summed E-state index contributed by atoms with van der Waals surface area (Å²) in [7, 11) is 0. The molecule has 1 aromatic heterocycles. The van der Waals surface area contributed by atoms with E-state index in [2.05, 4.69) is 35.8 Å². The van der Waals surface area contributed by atoms with Crippen LogP contribution in [0.4, 0.5) is 0 Å². The highest BCUT2D eigenvalue weighted by atomic mass is 16.3. The van der Waals surface area contributed by atoms with E-state index in [0.717, 1.165) is 42.4 Å². The number of rotatable bonds is 3. The molecule has 28 heavy (non-hydrogen) atoms. The molecule has 0 aliphatic heterocycles. The molecule has 0 aromatic carbocycles. The van der Waals surface area contributed by atoms with Gasteiger partial charge < -0.3 is 5.11 Å². The van der Waals surface area contributed by atoms with Crippen LogP contribution in [0, 0.1) is 40.9 Å². The Kier molecular flexibility index (Phi) is 4.46. The summed E-state index contributed by atoms with van der Waals surface area (Å²) in [6, 6.07) is 0. The summed E-state index contributed by atoms with van der Waals surface area (Å²) in [5.41, 5.74) is 1.28. The first kappa shape index (κ1) is 18.8. The molecule has 1 heterocycles. The molecule has 5 rings (SSSR count). The molecule has 5 heteroatoms. The zero-order chi connectivity index (χ0) is 19.5. The van der Waals surface area contributed by atoms with Crippen LogP contribution >= 0.6 is 0 Å². The Balaban J connectivity index is 1.32. The van der Waals surface area contributed by atoms with Crippen LogP contribution in [0.25, 0.3) is 0 Å². The summed E-state index contributed by atoms with van der Waals surface area (Å²) in [5, 5.41) is 22.7. The average molecular weight is 385 g/mol. The number of hydrogen-bond donors (Lipinski definition) is 1. The van der Waals surface area contributed by atoms with E-state index in [-0.39, 0.29) is 0 Å². The minimum atomic E-state index is -0.414. The molecule has 0 saturated heterocycles. The maximum absolute atomic E-state index is 10.6. The van der Waals surface area contributed by atoms with Gasteiger partial charge in [0.25, 0.3) is 0 Å². The minimum absolute atomic E-state index is 0.395. The van der Waals surface area contributed by atoms with Crippen molar-refractivity contribution in [1.29, 1.82) is 0 Å². The van der Waals surface area contributed by atoms with Crippen molar-refractivity contribution in [3.05, 3.63) is 18.5 Å². The highest BCUT2D eigenvalue weighted by molar-refractivity contribution is 5.15. The van der Waals surface area contributed by atoms with E-state index in [4.69, 9.17) is 0 Å². The fourth-order valence-corrected chi connectivity index (χ4v) is 8.30. The smallest absolute Gasteiger partial charge is 0.162 e. The number of hydrogen-bond acceptors (Lipinski definition) is 4. The van der Waals surface area contributed by atoms with Gasteiger partial charge in [0.1, 0.15) is 0 Å². The Morgan fingerprint density at radius 1 is 1.07 bits per heavy atom. The molecule has 0 amide bonds. The fourth-order valence-electron chi connectivity index (χ4n) is 8.30. The van der Waals surface area contributed by atoms with Crippen LogP contribution < -0.4 is 0 Å². The molecule has 1 aromatic rings. The number of nitrogens with zero attached hydrogens (tertiary/aromatic N) is 4. The first-order chi connectivity index (χ1) is 13.4. The second-order valence-corrected chi connectivity index (χ2v) is 11.0. The predicted octanol–water partition coefficient (Wildman–Crippen LogP) is 4.25. The van der Waals surface area contributed by atoms with E-state index in [1.54, 1.807) is 4.80 Å². The molecular formula is C23H36N4O. The van der Waals surface area contributed by atoms with Crippen molar-refractivity contribution in [3.8, 4) is 0 Å². The van der Waals surface area contributed by atoms with Crippen molar-refractivity contribution >= 4 is 0 Å². The molecule has 0 unspecified atom stereocenters. The molecular weight excluding hydrogens is 348 g/mol. The van der Waals surface area contributed by atoms with Crippen LogP contribution in [0.5, 0.6) is 0 Å². The van der Waals surface area contributed by atoms with Gasteiger partial charge in [-0.3, -0.25) is 0 Å². The second kappa shape index (κ2) is 6.65. The number of aromatic nitrogens is 4. The summed E-state index contributed by atoms with van der Waals surface area (Å²) >= 11 is 0. The highest BCUT2D eigenvalue weighted by Crippen LogP contribution is 2.65. The van der Waals surface area contributed by atoms with Crippen molar-refractivity contribution in [3.63, 3.8) is 0 Å². The Bertz CT molecular complexity index is 729. The third-order valence-electron chi connectivity index (χ3n) is 9.47. The second-order valence-electron chi connectivity index (χ2n) is 11.0. The first-order valence-electron chi connectivity index (χ1n) is 11.5. The molecule has 5 nitrogen and oxygen atoms in total. The van der Waals surface area contributed by atoms with E-state index >= 15 is 0 Å². The summed E-state index contributed by atoms with van der Waals surface area (Å²) in [6.45, 7) is 9.80.